The maximum absolute atomic E-state index is 11.9. The Labute approximate surface area is 144 Å². The van der Waals surface area contributed by atoms with E-state index in [4.69, 9.17) is 5.73 Å². The topological polar surface area (TPSA) is 117 Å². The summed E-state index contributed by atoms with van der Waals surface area (Å²) in [6.45, 7) is 1.83. The largest absolute Gasteiger partial charge is 0.508 e. The average molecular weight is 359 g/mol. The first-order valence-electron chi connectivity index (χ1n) is 6.84. The molecule has 0 amide bonds. The van der Waals surface area contributed by atoms with Crippen LogP contribution in [0.15, 0.2) is 39.4 Å². The number of nitrogen functional groups attached to an aromatic ring is 1. The van der Waals surface area contributed by atoms with Gasteiger partial charge in [0.1, 0.15) is 10.4 Å². The highest BCUT2D eigenvalue weighted by Crippen LogP contribution is 2.23. The molecule has 0 unspecified atom stereocenters. The third kappa shape index (κ3) is 3.76. The number of aryl methyl sites for hydroxylation is 1. The van der Waals surface area contributed by atoms with Gasteiger partial charge in [0.25, 0.3) is 5.56 Å². The maximum atomic E-state index is 11.9. The first-order chi connectivity index (χ1) is 11.5. The molecule has 0 spiro atoms. The van der Waals surface area contributed by atoms with Gasteiger partial charge in [0.05, 0.1) is 21.3 Å². The molecule has 1 aromatic carbocycles. The normalized spacial score (nSPS) is 13.2. The number of nitrogens with zero attached hydrogens (tertiary/aromatic N) is 3. The van der Waals surface area contributed by atoms with Crippen molar-refractivity contribution in [1.82, 2.24) is 9.97 Å². The van der Waals surface area contributed by atoms with Gasteiger partial charge in [-0.3, -0.25) is 4.79 Å². The summed E-state index contributed by atoms with van der Waals surface area (Å²) in [6.07, 6.45) is 4.84. The SMILES string of the molecule is Cc1cc(O)ccc1N=N/C=c1/[nH]c(=O)/c(=C/c2cnc(N)s2)s1. The third-order valence-electron chi connectivity index (χ3n) is 3.02. The first kappa shape index (κ1) is 16.1. The number of anilines is 1. The van der Waals surface area contributed by atoms with Gasteiger partial charge in [0.15, 0.2) is 5.13 Å². The van der Waals surface area contributed by atoms with Crippen molar-refractivity contribution >= 4 is 45.8 Å². The van der Waals surface area contributed by atoms with Crippen molar-refractivity contribution in [3.63, 3.8) is 0 Å². The highest BCUT2D eigenvalue weighted by Gasteiger charge is 1.99. The molecule has 2 aromatic heterocycles. The first-order valence-corrected chi connectivity index (χ1v) is 8.47. The number of phenolic OH excluding ortho intramolecular Hbond substituents is 1. The van der Waals surface area contributed by atoms with Crippen LogP contribution in [0.25, 0.3) is 12.3 Å². The van der Waals surface area contributed by atoms with Gasteiger partial charge in [-0.05, 0) is 36.8 Å². The highest BCUT2D eigenvalue weighted by molar-refractivity contribution is 7.16. The minimum Gasteiger partial charge on any atom is -0.508 e. The second kappa shape index (κ2) is 6.77. The standard InChI is InChI=1S/C15H13N5O2S2/c1-8-4-9(21)2-3-11(8)20-18-7-13-19-14(22)12(24-13)5-10-6-17-15(16)23-10/h2-7,21H,1H3,(H2,16,17)(H,19,22)/b12-5-,13-7-,20-18?. The van der Waals surface area contributed by atoms with E-state index in [0.29, 0.717) is 20.0 Å². The number of thiazole rings is 2. The van der Waals surface area contributed by atoms with Gasteiger partial charge in [-0.1, -0.05) is 11.3 Å². The fourth-order valence-corrected chi connectivity index (χ4v) is 3.42. The molecule has 0 bridgehead atoms. The van der Waals surface area contributed by atoms with E-state index in [2.05, 4.69) is 20.2 Å². The number of hydrogen-bond donors (Lipinski definition) is 3. The number of nitrogens with one attached hydrogen (secondary N) is 1. The molecule has 0 radical (unpaired) electrons. The Kier molecular flexibility index (Phi) is 4.54. The molecule has 4 N–H and O–H groups in total. The molecule has 9 heteroatoms. The quantitative estimate of drug-likeness (QED) is 0.619. The Morgan fingerprint density at radius 1 is 1.38 bits per heavy atom. The summed E-state index contributed by atoms with van der Waals surface area (Å²) < 4.78 is 1.13. The second-order valence-electron chi connectivity index (χ2n) is 4.85. The second-order valence-corrected chi connectivity index (χ2v) is 7.02. The van der Waals surface area contributed by atoms with Crippen molar-refractivity contribution in [3.05, 3.63) is 54.4 Å². The number of H-pyrrole nitrogens is 1. The van der Waals surface area contributed by atoms with Gasteiger partial charge in [0.2, 0.25) is 0 Å². The van der Waals surface area contributed by atoms with Gasteiger partial charge in [-0.2, -0.15) is 10.2 Å². The van der Waals surface area contributed by atoms with Crippen molar-refractivity contribution in [2.24, 2.45) is 10.2 Å². The number of aromatic amines is 1. The molecule has 0 atom stereocenters. The summed E-state index contributed by atoms with van der Waals surface area (Å²) in [4.78, 5) is 19.4. The Morgan fingerprint density at radius 3 is 2.92 bits per heavy atom. The van der Waals surface area contributed by atoms with E-state index in [9.17, 15) is 9.90 Å². The Hall–Kier alpha value is -2.78. The van der Waals surface area contributed by atoms with E-state index in [0.717, 1.165) is 10.4 Å². The average Bonchev–Trinajstić information content (AvgIpc) is 3.08. The Bertz CT molecular complexity index is 1080. The zero-order valence-corrected chi connectivity index (χ0v) is 14.2. The van der Waals surface area contributed by atoms with Crippen LogP contribution in [-0.4, -0.2) is 15.1 Å². The fourth-order valence-electron chi connectivity index (χ4n) is 1.91. The lowest BCUT2D eigenvalue weighted by atomic mass is 10.2. The van der Waals surface area contributed by atoms with E-state index in [1.807, 2.05) is 6.92 Å². The zero-order valence-electron chi connectivity index (χ0n) is 12.6. The van der Waals surface area contributed by atoms with Crippen LogP contribution in [0.3, 0.4) is 0 Å². The summed E-state index contributed by atoms with van der Waals surface area (Å²) in [5.74, 6) is 0.182. The van der Waals surface area contributed by atoms with Crippen molar-refractivity contribution in [2.75, 3.05) is 5.73 Å². The van der Waals surface area contributed by atoms with Gasteiger partial charge >= 0.3 is 0 Å². The van der Waals surface area contributed by atoms with Crippen LogP contribution in [0.2, 0.25) is 0 Å². The molecule has 0 aliphatic rings. The number of hydrogen-bond acceptors (Lipinski definition) is 8. The summed E-state index contributed by atoms with van der Waals surface area (Å²) in [5.41, 5.74) is 6.83. The van der Waals surface area contributed by atoms with Crippen molar-refractivity contribution in [3.8, 4) is 5.75 Å². The van der Waals surface area contributed by atoms with Crippen LogP contribution in [0.5, 0.6) is 5.75 Å². The lowest BCUT2D eigenvalue weighted by Crippen LogP contribution is -2.19. The van der Waals surface area contributed by atoms with E-state index >= 15 is 0 Å². The molecular formula is C15H13N5O2S2. The van der Waals surface area contributed by atoms with Gasteiger partial charge < -0.3 is 15.8 Å². The van der Waals surface area contributed by atoms with E-state index in [1.165, 1.54) is 28.9 Å². The smallest absolute Gasteiger partial charge is 0.266 e. The number of aromatic hydroxyl groups is 1. The van der Waals surface area contributed by atoms with Crippen molar-refractivity contribution in [2.45, 2.75) is 6.92 Å². The molecule has 0 saturated heterocycles. The van der Waals surface area contributed by atoms with Crippen LogP contribution >= 0.6 is 22.7 Å². The molecule has 0 aliphatic heterocycles. The Balaban J connectivity index is 1.89. The van der Waals surface area contributed by atoms with Crippen LogP contribution in [0.1, 0.15) is 10.4 Å². The zero-order chi connectivity index (χ0) is 17.1. The van der Waals surface area contributed by atoms with Gasteiger partial charge in [-0.15, -0.1) is 11.3 Å². The van der Waals surface area contributed by atoms with Crippen LogP contribution in [0.4, 0.5) is 10.8 Å². The van der Waals surface area contributed by atoms with Gasteiger partial charge in [-0.25, -0.2) is 4.98 Å². The lowest BCUT2D eigenvalue weighted by molar-refractivity contribution is 0.475. The molecule has 3 aromatic rings. The number of azo groups is 1. The summed E-state index contributed by atoms with van der Waals surface area (Å²) in [6, 6.07) is 4.82. The number of phenols is 1. The fraction of sp³-hybridized carbons (Fsp3) is 0.0667. The Morgan fingerprint density at radius 2 is 2.21 bits per heavy atom. The van der Waals surface area contributed by atoms with E-state index < -0.39 is 0 Å². The number of nitrogens with two attached hydrogens (primary N) is 1. The number of rotatable bonds is 3. The number of benzene rings is 1. The summed E-state index contributed by atoms with van der Waals surface area (Å²) in [5, 5.41) is 17.9. The van der Waals surface area contributed by atoms with E-state index in [-0.39, 0.29) is 11.3 Å². The molecule has 0 saturated carbocycles. The molecule has 24 heavy (non-hydrogen) atoms. The van der Waals surface area contributed by atoms with E-state index in [1.54, 1.807) is 30.5 Å². The van der Waals surface area contributed by atoms with Crippen LogP contribution in [-0.2, 0) is 0 Å². The molecule has 0 fully saturated rings. The van der Waals surface area contributed by atoms with Crippen molar-refractivity contribution < 1.29 is 5.11 Å². The molecule has 3 rings (SSSR count). The molecular weight excluding hydrogens is 346 g/mol. The molecule has 2 heterocycles. The van der Waals surface area contributed by atoms with Crippen molar-refractivity contribution in [1.29, 1.82) is 0 Å². The maximum Gasteiger partial charge on any atom is 0.266 e. The molecule has 122 valence electrons. The highest BCUT2D eigenvalue weighted by atomic mass is 32.1. The molecule has 0 aliphatic carbocycles. The predicted octanol–water partition coefficient (Wildman–Crippen LogP) is 1.84. The van der Waals surface area contributed by atoms with Gasteiger partial charge in [0, 0.05) is 6.20 Å². The minimum absolute atomic E-state index is 0.182. The van der Waals surface area contributed by atoms with Crippen LogP contribution in [0, 0.1) is 6.92 Å². The molecule has 7 nitrogen and oxygen atoms in total. The minimum atomic E-state index is -0.200. The lowest BCUT2D eigenvalue weighted by Gasteiger charge is -1.97. The van der Waals surface area contributed by atoms with Crippen LogP contribution < -0.4 is 20.5 Å². The summed E-state index contributed by atoms with van der Waals surface area (Å²) in [7, 11) is 0. The third-order valence-corrected chi connectivity index (χ3v) is 4.74. The number of aromatic nitrogens is 2. The monoisotopic (exact) mass is 359 g/mol. The summed E-state index contributed by atoms with van der Waals surface area (Å²) >= 11 is 2.58. The predicted molar refractivity (Wildman–Crippen MR) is 96.1 cm³/mol.